The van der Waals surface area contributed by atoms with E-state index in [2.05, 4.69) is 10.4 Å². The van der Waals surface area contributed by atoms with Gasteiger partial charge in [0.15, 0.2) is 5.82 Å². The molecule has 6 nitrogen and oxygen atoms in total. The van der Waals surface area contributed by atoms with E-state index in [-0.39, 0.29) is 12.0 Å². The normalized spacial score (nSPS) is 20.9. The summed E-state index contributed by atoms with van der Waals surface area (Å²) < 4.78 is 1.56. The van der Waals surface area contributed by atoms with E-state index in [9.17, 15) is 9.90 Å². The lowest BCUT2D eigenvalue weighted by atomic mass is 9.80. The number of halogens is 1. The lowest BCUT2D eigenvalue weighted by molar-refractivity contribution is 0.0731. The van der Waals surface area contributed by atoms with Crippen LogP contribution in [0.4, 0.5) is 10.6 Å². The van der Waals surface area contributed by atoms with E-state index in [4.69, 9.17) is 17.3 Å². The molecule has 1 heterocycles. The van der Waals surface area contributed by atoms with Crippen molar-refractivity contribution in [3.05, 3.63) is 41.0 Å². The quantitative estimate of drug-likeness (QED) is 0.812. The number of rotatable bonds is 3. The Morgan fingerprint density at radius 2 is 2.05 bits per heavy atom. The number of urea groups is 1. The molecule has 1 aromatic heterocycles. The minimum absolute atomic E-state index is 0.103. The second kappa shape index (κ2) is 5.38. The van der Waals surface area contributed by atoms with Gasteiger partial charge in [0.1, 0.15) is 5.02 Å². The molecule has 0 spiro atoms. The Morgan fingerprint density at radius 1 is 1.38 bits per heavy atom. The molecular formula is C14H15ClN4O2. The first-order chi connectivity index (χ1) is 10.1. The number of aromatic nitrogens is 2. The third kappa shape index (κ3) is 2.59. The number of hydrogen-bond acceptors (Lipinski definition) is 3. The number of nitrogens with two attached hydrogens (primary N) is 1. The molecular weight excluding hydrogens is 292 g/mol. The van der Waals surface area contributed by atoms with Gasteiger partial charge in [-0.2, -0.15) is 5.10 Å². The fourth-order valence-corrected chi connectivity index (χ4v) is 2.79. The predicted octanol–water partition coefficient (Wildman–Crippen LogP) is 2.25. The summed E-state index contributed by atoms with van der Waals surface area (Å²) in [7, 11) is 0. The lowest BCUT2D eigenvalue weighted by Crippen LogP contribution is -2.27. The highest BCUT2D eigenvalue weighted by molar-refractivity contribution is 6.34. The van der Waals surface area contributed by atoms with Gasteiger partial charge in [0, 0.05) is 5.92 Å². The van der Waals surface area contributed by atoms with Crippen LogP contribution in [-0.2, 0) is 0 Å². The zero-order valence-electron chi connectivity index (χ0n) is 11.2. The van der Waals surface area contributed by atoms with E-state index in [1.807, 2.05) is 30.3 Å². The maximum absolute atomic E-state index is 11.2. The van der Waals surface area contributed by atoms with Crippen molar-refractivity contribution in [1.82, 2.24) is 9.78 Å². The summed E-state index contributed by atoms with van der Waals surface area (Å²) in [5.74, 6) is 0.456. The number of benzene rings is 1. The molecule has 0 radical (unpaired) electrons. The summed E-state index contributed by atoms with van der Waals surface area (Å²) in [5.41, 5.74) is 6.65. The van der Waals surface area contributed by atoms with Gasteiger partial charge < -0.3 is 10.8 Å². The maximum Gasteiger partial charge on any atom is 0.317 e. The first-order valence-corrected chi connectivity index (χ1v) is 7.02. The molecule has 0 saturated heterocycles. The van der Waals surface area contributed by atoms with Gasteiger partial charge in [0.05, 0.1) is 17.5 Å². The molecule has 0 unspecified atom stereocenters. The number of aliphatic hydroxyl groups excluding tert-OH is 1. The number of aliphatic hydroxyl groups is 1. The molecule has 2 aromatic rings. The SMILES string of the molecule is NC(=O)Nc1c(Cl)c([C@H]2C[C@@H](O)C2)nn1-c1ccccc1. The van der Waals surface area contributed by atoms with Crippen molar-refractivity contribution in [1.29, 1.82) is 0 Å². The van der Waals surface area contributed by atoms with Gasteiger partial charge in [-0.05, 0) is 25.0 Å². The highest BCUT2D eigenvalue weighted by atomic mass is 35.5. The second-order valence-corrected chi connectivity index (χ2v) is 5.48. The Morgan fingerprint density at radius 3 is 2.62 bits per heavy atom. The fraction of sp³-hybridized carbons (Fsp3) is 0.286. The number of carbonyl (C=O) groups excluding carboxylic acids is 1. The summed E-state index contributed by atoms with van der Waals surface area (Å²) in [6.07, 6.45) is 0.948. The standard InChI is InChI=1S/C14H15ClN4O2/c15-11-12(8-6-10(20)7-8)18-19(13(11)17-14(16)21)9-4-2-1-3-5-9/h1-5,8,10,20H,6-7H2,(H3,16,17,21)/t8-,10+. The molecule has 1 fully saturated rings. The Kier molecular flexibility index (Phi) is 3.57. The third-order valence-electron chi connectivity index (χ3n) is 3.59. The fourth-order valence-electron chi connectivity index (χ4n) is 2.47. The van der Waals surface area contributed by atoms with Gasteiger partial charge in [-0.25, -0.2) is 9.48 Å². The van der Waals surface area contributed by atoms with Crippen molar-refractivity contribution in [3.63, 3.8) is 0 Å². The molecule has 4 N–H and O–H groups in total. The summed E-state index contributed by atoms with van der Waals surface area (Å²) >= 11 is 6.34. The zero-order valence-corrected chi connectivity index (χ0v) is 11.9. The van der Waals surface area contributed by atoms with Crippen molar-refractivity contribution >= 4 is 23.4 Å². The van der Waals surface area contributed by atoms with E-state index in [0.29, 0.717) is 29.4 Å². The molecule has 1 aliphatic carbocycles. The second-order valence-electron chi connectivity index (χ2n) is 5.11. The first-order valence-electron chi connectivity index (χ1n) is 6.64. The number of carbonyl (C=O) groups is 1. The van der Waals surface area contributed by atoms with Crippen LogP contribution in [0, 0.1) is 0 Å². The van der Waals surface area contributed by atoms with Crippen LogP contribution in [0.1, 0.15) is 24.5 Å². The zero-order chi connectivity index (χ0) is 15.0. The number of nitrogens with zero attached hydrogens (tertiary/aromatic N) is 2. The van der Waals surface area contributed by atoms with Crippen molar-refractivity contribution in [3.8, 4) is 5.69 Å². The lowest BCUT2D eigenvalue weighted by Gasteiger charge is -2.29. The highest BCUT2D eigenvalue weighted by Gasteiger charge is 2.34. The number of primary amides is 1. The number of anilines is 1. The largest absolute Gasteiger partial charge is 0.393 e. The average Bonchev–Trinajstić information content (AvgIpc) is 2.73. The van der Waals surface area contributed by atoms with Crippen LogP contribution in [0.25, 0.3) is 5.69 Å². The molecule has 0 aliphatic heterocycles. The smallest absolute Gasteiger partial charge is 0.317 e. The molecule has 1 aliphatic rings. The van der Waals surface area contributed by atoms with E-state index in [0.717, 1.165) is 5.69 Å². The monoisotopic (exact) mass is 306 g/mol. The first kappa shape index (κ1) is 13.9. The van der Waals surface area contributed by atoms with Crippen LogP contribution >= 0.6 is 11.6 Å². The van der Waals surface area contributed by atoms with Gasteiger partial charge in [-0.3, -0.25) is 5.32 Å². The van der Waals surface area contributed by atoms with E-state index >= 15 is 0 Å². The van der Waals surface area contributed by atoms with Gasteiger partial charge in [0.25, 0.3) is 0 Å². The summed E-state index contributed by atoms with van der Waals surface area (Å²) in [6, 6.07) is 8.63. The van der Waals surface area contributed by atoms with Crippen LogP contribution in [0.5, 0.6) is 0 Å². The predicted molar refractivity (Wildman–Crippen MR) is 79.8 cm³/mol. The Labute approximate surface area is 126 Å². The van der Waals surface area contributed by atoms with Gasteiger partial charge >= 0.3 is 6.03 Å². The summed E-state index contributed by atoms with van der Waals surface area (Å²) in [5, 5.41) is 16.8. The average molecular weight is 307 g/mol. The van der Waals surface area contributed by atoms with Crippen molar-refractivity contribution in [2.45, 2.75) is 24.9 Å². The van der Waals surface area contributed by atoms with Crippen LogP contribution < -0.4 is 11.1 Å². The van der Waals surface area contributed by atoms with Crippen LogP contribution in [0.15, 0.2) is 30.3 Å². The molecule has 110 valence electrons. The van der Waals surface area contributed by atoms with E-state index < -0.39 is 6.03 Å². The number of nitrogens with one attached hydrogen (secondary N) is 1. The minimum atomic E-state index is -0.700. The topological polar surface area (TPSA) is 93.2 Å². The van der Waals surface area contributed by atoms with Crippen molar-refractivity contribution < 1.29 is 9.90 Å². The molecule has 0 atom stereocenters. The highest BCUT2D eigenvalue weighted by Crippen LogP contribution is 2.42. The van der Waals surface area contributed by atoms with Gasteiger partial charge in [0.2, 0.25) is 0 Å². The molecule has 2 amide bonds. The van der Waals surface area contributed by atoms with E-state index in [1.165, 1.54) is 0 Å². The molecule has 21 heavy (non-hydrogen) atoms. The Hall–Kier alpha value is -2.05. The van der Waals surface area contributed by atoms with Crippen LogP contribution in [-0.4, -0.2) is 27.0 Å². The number of para-hydroxylation sites is 1. The van der Waals surface area contributed by atoms with Crippen LogP contribution in [0.3, 0.4) is 0 Å². The van der Waals surface area contributed by atoms with Crippen molar-refractivity contribution in [2.75, 3.05) is 5.32 Å². The molecule has 3 rings (SSSR count). The molecule has 1 saturated carbocycles. The minimum Gasteiger partial charge on any atom is -0.393 e. The van der Waals surface area contributed by atoms with E-state index in [1.54, 1.807) is 4.68 Å². The van der Waals surface area contributed by atoms with Gasteiger partial charge in [-0.1, -0.05) is 29.8 Å². The number of amides is 2. The summed E-state index contributed by atoms with van der Waals surface area (Å²) in [4.78, 5) is 11.2. The number of hydrogen-bond donors (Lipinski definition) is 3. The Balaban J connectivity index is 2.05. The van der Waals surface area contributed by atoms with Crippen LogP contribution in [0.2, 0.25) is 5.02 Å². The maximum atomic E-state index is 11.2. The summed E-state index contributed by atoms with van der Waals surface area (Å²) in [6.45, 7) is 0. The molecule has 0 bridgehead atoms. The molecule has 1 aromatic carbocycles. The third-order valence-corrected chi connectivity index (χ3v) is 3.97. The molecule has 7 heteroatoms. The Bertz CT molecular complexity index is 665. The van der Waals surface area contributed by atoms with Gasteiger partial charge in [-0.15, -0.1) is 0 Å². The van der Waals surface area contributed by atoms with Crippen molar-refractivity contribution in [2.24, 2.45) is 5.73 Å².